The second kappa shape index (κ2) is 4.13. The van der Waals surface area contributed by atoms with Gasteiger partial charge in [-0.25, -0.2) is 0 Å². The van der Waals surface area contributed by atoms with Crippen LogP contribution in [0.15, 0.2) is 42.3 Å². The van der Waals surface area contributed by atoms with Gasteiger partial charge in [-0.3, -0.25) is 0 Å². The number of halogens is 1. The van der Waals surface area contributed by atoms with Crippen LogP contribution in [-0.2, 0) is 6.54 Å². The number of aromatic nitrogens is 1. The third-order valence-corrected chi connectivity index (χ3v) is 3.35. The van der Waals surface area contributed by atoms with Crippen LogP contribution in [0.5, 0.6) is 0 Å². The quantitative estimate of drug-likeness (QED) is 0.564. The van der Waals surface area contributed by atoms with E-state index >= 15 is 0 Å². The van der Waals surface area contributed by atoms with E-state index in [1.165, 1.54) is 27.5 Å². The van der Waals surface area contributed by atoms with E-state index in [-0.39, 0.29) is 17.0 Å². The van der Waals surface area contributed by atoms with Gasteiger partial charge in [0.15, 0.2) is 5.22 Å². The fourth-order valence-electron chi connectivity index (χ4n) is 2.52. The van der Waals surface area contributed by atoms with Gasteiger partial charge in [-0.05, 0) is 18.2 Å². The van der Waals surface area contributed by atoms with Crippen molar-refractivity contribution < 1.29 is 17.0 Å². The summed E-state index contributed by atoms with van der Waals surface area (Å²) in [5.74, 6) is 0. The average molecular weight is 299 g/mol. The molecule has 1 aromatic heterocycles. The second-order valence-corrected chi connectivity index (χ2v) is 4.37. The van der Waals surface area contributed by atoms with Gasteiger partial charge in [0.05, 0.1) is 23.9 Å². The summed E-state index contributed by atoms with van der Waals surface area (Å²) in [7, 11) is 0. The number of fused-ring (bicyclic) bond motifs is 4. The number of H-pyrrole nitrogens is 1. The molecule has 0 aromatic carbocycles. The van der Waals surface area contributed by atoms with Crippen molar-refractivity contribution in [1.82, 2.24) is 9.88 Å². The number of hydrogen-bond donors (Lipinski definition) is 1. The Balaban J connectivity index is 0.000001000. The Morgan fingerprint density at radius 1 is 1.22 bits per heavy atom. The van der Waals surface area contributed by atoms with Crippen molar-refractivity contribution in [2.24, 2.45) is 0 Å². The summed E-state index contributed by atoms with van der Waals surface area (Å²) in [6, 6.07) is 0. The third kappa shape index (κ3) is 1.52. The average Bonchev–Trinajstić information content (AvgIpc) is 2.73. The summed E-state index contributed by atoms with van der Waals surface area (Å²) < 4.78 is 0. The minimum Gasteiger partial charge on any atom is -1.00 e. The zero-order valence-corrected chi connectivity index (χ0v) is 11.2. The molecule has 0 spiro atoms. The van der Waals surface area contributed by atoms with Crippen molar-refractivity contribution >= 4 is 18.2 Å². The largest absolute Gasteiger partial charge is 1.00 e. The molecule has 0 saturated carbocycles. The number of nitrogens with zero attached hydrogens (tertiary/aromatic N) is 1. The molecule has 88 valence electrons. The molecular formula is C15H11BrN2. The molecule has 0 bridgehead atoms. The SMILES string of the molecule is [Br-].[C+]1=c2c3c([nH]c2=CC=C1)C=C1C=CC=CN1C3. The summed E-state index contributed by atoms with van der Waals surface area (Å²) in [6.45, 7) is 0.919. The molecule has 1 N–H and O–H groups in total. The summed E-state index contributed by atoms with van der Waals surface area (Å²) >= 11 is 0. The summed E-state index contributed by atoms with van der Waals surface area (Å²) in [5, 5.41) is 2.38. The number of aromatic amines is 1. The maximum atomic E-state index is 3.46. The maximum absolute atomic E-state index is 3.46. The summed E-state index contributed by atoms with van der Waals surface area (Å²) in [6.07, 6.45) is 20.0. The lowest BCUT2D eigenvalue weighted by Crippen LogP contribution is -3.00. The molecule has 0 amide bonds. The molecule has 0 radical (unpaired) electrons. The van der Waals surface area contributed by atoms with E-state index in [9.17, 15) is 0 Å². The van der Waals surface area contributed by atoms with E-state index in [1.54, 1.807) is 0 Å². The molecule has 0 saturated heterocycles. The van der Waals surface area contributed by atoms with Crippen LogP contribution in [0.2, 0.25) is 0 Å². The van der Waals surface area contributed by atoms with Crippen LogP contribution < -0.4 is 27.5 Å². The van der Waals surface area contributed by atoms with Gasteiger partial charge in [-0.2, -0.15) is 0 Å². The van der Waals surface area contributed by atoms with Crippen molar-refractivity contribution in [2.45, 2.75) is 6.54 Å². The maximum Gasteiger partial charge on any atom is 0.178 e. The molecule has 3 heteroatoms. The molecule has 18 heavy (non-hydrogen) atoms. The van der Waals surface area contributed by atoms with Crippen molar-refractivity contribution in [3.63, 3.8) is 0 Å². The summed E-state index contributed by atoms with van der Waals surface area (Å²) in [4.78, 5) is 5.72. The van der Waals surface area contributed by atoms with Gasteiger partial charge in [0.2, 0.25) is 0 Å². The van der Waals surface area contributed by atoms with E-state index in [2.05, 4.69) is 52.5 Å². The number of rotatable bonds is 0. The van der Waals surface area contributed by atoms with E-state index in [0.717, 1.165) is 6.54 Å². The second-order valence-electron chi connectivity index (χ2n) is 4.37. The lowest BCUT2D eigenvalue weighted by atomic mass is 10.1. The highest BCUT2D eigenvalue weighted by Gasteiger charge is 2.23. The fourth-order valence-corrected chi connectivity index (χ4v) is 2.52. The summed E-state index contributed by atoms with van der Waals surface area (Å²) in [5.41, 5.74) is 3.80. The Morgan fingerprint density at radius 2 is 2.17 bits per heavy atom. The molecule has 0 atom stereocenters. The predicted molar refractivity (Wildman–Crippen MR) is 68.9 cm³/mol. The Labute approximate surface area is 116 Å². The molecule has 3 heterocycles. The molecule has 1 aliphatic carbocycles. The molecule has 2 nitrogen and oxygen atoms in total. The minimum absolute atomic E-state index is 0. The van der Waals surface area contributed by atoms with Crippen LogP contribution in [-0.4, -0.2) is 9.88 Å². The van der Waals surface area contributed by atoms with Crippen LogP contribution >= 0.6 is 0 Å². The molecule has 3 aliphatic rings. The van der Waals surface area contributed by atoms with E-state index < -0.39 is 0 Å². The van der Waals surface area contributed by atoms with Gasteiger partial charge in [0, 0.05) is 30.1 Å². The number of nitrogens with one attached hydrogen (secondary N) is 1. The lowest BCUT2D eigenvalue weighted by molar-refractivity contribution is -0.00000324. The topological polar surface area (TPSA) is 19.0 Å². The van der Waals surface area contributed by atoms with Crippen LogP contribution in [0.25, 0.3) is 18.2 Å². The van der Waals surface area contributed by atoms with Crippen LogP contribution in [0.3, 0.4) is 0 Å². The first kappa shape index (κ1) is 11.3. The monoisotopic (exact) mass is 298 g/mol. The number of hydrogen-bond acceptors (Lipinski definition) is 1. The van der Waals surface area contributed by atoms with Gasteiger partial charge in [0.25, 0.3) is 0 Å². The van der Waals surface area contributed by atoms with Crippen molar-refractivity contribution in [3.8, 4) is 0 Å². The Morgan fingerprint density at radius 3 is 3.11 bits per heavy atom. The normalized spacial score (nSPS) is 17.3. The Hall–Kier alpha value is -1.83. The molecule has 0 unspecified atom stereocenters. The smallest absolute Gasteiger partial charge is 0.178 e. The lowest BCUT2D eigenvalue weighted by Gasteiger charge is -2.25. The van der Waals surface area contributed by atoms with Crippen molar-refractivity contribution in [2.75, 3.05) is 0 Å². The van der Waals surface area contributed by atoms with Crippen molar-refractivity contribution in [3.05, 3.63) is 64.1 Å². The van der Waals surface area contributed by atoms with Crippen LogP contribution in [0.4, 0.5) is 0 Å². The van der Waals surface area contributed by atoms with Crippen LogP contribution in [0.1, 0.15) is 11.3 Å². The Bertz CT molecular complexity index is 729. The van der Waals surface area contributed by atoms with Crippen LogP contribution in [0, 0.1) is 0 Å². The first-order chi connectivity index (χ1) is 8.42. The zero-order chi connectivity index (χ0) is 11.2. The highest BCUT2D eigenvalue weighted by Crippen LogP contribution is 2.24. The van der Waals surface area contributed by atoms with Gasteiger partial charge < -0.3 is 26.9 Å². The van der Waals surface area contributed by atoms with Gasteiger partial charge in [-0.15, -0.1) is 0 Å². The first-order valence-corrected chi connectivity index (χ1v) is 5.76. The Kier molecular flexibility index (Phi) is 2.58. The van der Waals surface area contributed by atoms with Crippen molar-refractivity contribution in [1.29, 1.82) is 0 Å². The zero-order valence-electron chi connectivity index (χ0n) is 9.65. The highest BCUT2D eigenvalue weighted by molar-refractivity contribution is 5.64. The first-order valence-electron chi connectivity index (χ1n) is 5.76. The van der Waals surface area contributed by atoms with Gasteiger partial charge >= 0.3 is 0 Å². The van der Waals surface area contributed by atoms with E-state index in [0.29, 0.717) is 0 Å². The molecule has 0 fully saturated rings. The number of allylic oxidation sites excluding steroid dienone is 5. The minimum atomic E-state index is 0. The van der Waals surface area contributed by atoms with E-state index in [1.807, 2.05) is 12.2 Å². The van der Waals surface area contributed by atoms with Gasteiger partial charge in [-0.1, -0.05) is 6.08 Å². The highest BCUT2D eigenvalue weighted by atomic mass is 79.9. The van der Waals surface area contributed by atoms with E-state index in [4.69, 9.17) is 0 Å². The third-order valence-electron chi connectivity index (χ3n) is 3.35. The standard InChI is InChI=1S/C15H11N2.BrH/c1-2-7-14-12(6-1)13-10-17-8-4-3-5-11(17)9-15(13)16-14;/h1-5,7-9,16H,10H2;1H/q+1;/p-1. The fraction of sp³-hybridized carbons (Fsp3) is 0.0667. The molecule has 4 rings (SSSR count). The van der Waals surface area contributed by atoms with Gasteiger partial charge in [0.1, 0.15) is 5.35 Å². The molecule has 2 aliphatic heterocycles. The predicted octanol–water partition coefficient (Wildman–Crippen LogP) is -1.73. The molecule has 1 aromatic rings. The molecular weight excluding hydrogens is 288 g/mol.